The van der Waals surface area contributed by atoms with Crippen LogP contribution < -0.4 is 5.32 Å². The van der Waals surface area contributed by atoms with E-state index in [0.717, 1.165) is 26.2 Å². The monoisotopic (exact) mass is 445 g/mol. The normalized spacial score (nSPS) is 11.0. The molecule has 3 heterocycles. The van der Waals surface area contributed by atoms with Gasteiger partial charge in [-0.05, 0) is 41.8 Å². The number of carbonyl (C=O) groups excluding carboxylic acids is 2. The lowest BCUT2D eigenvalue weighted by Crippen LogP contribution is -2.12. The third-order valence-corrected chi connectivity index (χ3v) is 6.59. The Labute approximate surface area is 185 Å². The number of nitrogens with zero attached hydrogens (tertiary/aromatic N) is 2. The fourth-order valence-electron chi connectivity index (χ4n) is 3.30. The van der Waals surface area contributed by atoms with E-state index in [9.17, 15) is 9.59 Å². The molecule has 5 rings (SSSR count). The predicted octanol–water partition coefficient (Wildman–Crippen LogP) is 5.61. The van der Waals surface area contributed by atoms with Gasteiger partial charge in [0, 0.05) is 5.39 Å². The number of anilines is 1. The van der Waals surface area contributed by atoms with Crippen LogP contribution in [0.2, 0.25) is 0 Å². The topological polar surface area (TPSA) is 81.2 Å². The molecule has 152 valence electrons. The minimum Gasteiger partial charge on any atom is -0.465 e. The number of amides is 1. The van der Waals surface area contributed by atoms with E-state index in [1.165, 1.54) is 18.4 Å². The van der Waals surface area contributed by atoms with Crippen molar-refractivity contribution in [1.82, 2.24) is 9.97 Å². The maximum absolute atomic E-state index is 13.2. The molecule has 8 heteroatoms. The van der Waals surface area contributed by atoms with Crippen molar-refractivity contribution in [1.29, 1.82) is 0 Å². The Kier molecular flexibility index (Phi) is 4.93. The van der Waals surface area contributed by atoms with Crippen molar-refractivity contribution in [3.05, 3.63) is 77.2 Å². The first kappa shape index (κ1) is 19.3. The number of hydrogen-bond acceptors (Lipinski definition) is 7. The Hall–Kier alpha value is -3.62. The van der Waals surface area contributed by atoms with Gasteiger partial charge in [0.1, 0.15) is 0 Å². The summed E-state index contributed by atoms with van der Waals surface area (Å²) in [4.78, 5) is 35.2. The Morgan fingerprint density at radius 2 is 1.84 bits per heavy atom. The molecule has 6 nitrogen and oxygen atoms in total. The maximum Gasteiger partial charge on any atom is 0.337 e. The minimum atomic E-state index is -0.412. The molecule has 2 aromatic carbocycles. The molecule has 1 amide bonds. The number of nitrogens with one attached hydrogen (secondary N) is 1. The molecular formula is C23H15N3O3S2. The van der Waals surface area contributed by atoms with E-state index in [-0.39, 0.29) is 5.91 Å². The molecule has 3 aromatic heterocycles. The highest BCUT2D eigenvalue weighted by atomic mass is 32.1. The van der Waals surface area contributed by atoms with E-state index in [1.54, 1.807) is 29.5 Å². The van der Waals surface area contributed by atoms with Crippen molar-refractivity contribution in [2.75, 3.05) is 12.4 Å². The molecule has 5 aromatic rings. The standard InChI is InChI=1S/C23H15N3O3S2/c1-29-22(28)13-8-9-17-20(11-13)31-23(25-17)26-21(27)15-12-18(19-7-4-10-30-19)24-16-6-3-2-5-14(15)16/h2-12H,1H3,(H,25,26,27). The first-order chi connectivity index (χ1) is 15.1. The summed E-state index contributed by atoms with van der Waals surface area (Å²) in [5.41, 5.74) is 3.18. The van der Waals surface area contributed by atoms with Crippen LogP contribution in [0, 0.1) is 0 Å². The second-order valence-corrected chi connectivity index (χ2v) is 8.68. The second-order valence-electron chi connectivity index (χ2n) is 6.70. The number of thiazole rings is 1. The average Bonchev–Trinajstić information content (AvgIpc) is 3.47. The molecule has 0 aliphatic heterocycles. The molecule has 0 saturated heterocycles. The summed E-state index contributed by atoms with van der Waals surface area (Å²) >= 11 is 2.88. The van der Waals surface area contributed by atoms with Gasteiger partial charge in [0.2, 0.25) is 0 Å². The fraction of sp³-hybridized carbons (Fsp3) is 0.0435. The van der Waals surface area contributed by atoms with E-state index in [4.69, 9.17) is 9.72 Å². The predicted molar refractivity (Wildman–Crippen MR) is 124 cm³/mol. The van der Waals surface area contributed by atoms with Crippen LogP contribution >= 0.6 is 22.7 Å². The van der Waals surface area contributed by atoms with Gasteiger partial charge in [-0.25, -0.2) is 14.8 Å². The fourth-order valence-corrected chi connectivity index (χ4v) is 4.89. The van der Waals surface area contributed by atoms with E-state index in [2.05, 4.69) is 10.3 Å². The third-order valence-electron chi connectivity index (χ3n) is 4.76. The molecule has 0 spiro atoms. The lowest BCUT2D eigenvalue weighted by Gasteiger charge is -2.08. The van der Waals surface area contributed by atoms with Crippen LogP contribution in [0.4, 0.5) is 5.13 Å². The van der Waals surface area contributed by atoms with Crippen molar-refractivity contribution in [2.45, 2.75) is 0 Å². The average molecular weight is 446 g/mol. The van der Waals surface area contributed by atoms with Gasteiger partial charge in [-0.3, -0.25) is 10.1 Å². The molecule has 1 N–H and O–H groups in total. The van der Waals surface area contributed by atoms with Crippen molar-refractivity contribution < 1.29 is 14.3 Å². The summed E-state index contributed by atoms with van der Waals surface area (Å²) in [6.45, 7) is 0. The van der Waals surface area contributed by atoms with E-state index >= 15 is 0 Å². The van der Waals surface area contributed by atoms with Crippen LogP contribution in [0.3, 0.4) is 0 Å². The number of aromatic nitrogens is 2. The summed E-state index contributed by atoms with van der Waals surface area (Å²) in [6.07, 6.45) is 0. The molecule has 0 fully saturated rings. The van der Waals surface area contributed by atoms with Crippen molar-refractivity contribution in [3.63, 3.8) is 0 Å². The van der Waals surface area contributed by atoms with Gasteiger partial charge >= 0.3 is 5.97 Å². The molecule has 0 atom stereocenters. The number of carbonyl (C=O) groups is 2. The number of ether oxygens (including phenoxy) is 1. The highest BCUT2D eigenvalue weighted by Crippen LogP contribution is 2.30. The van der Waals surface area contributed by atoms with E-state index in [0.29, 0.717) is 21.8 Å². The number of methoxy groups -OCH3 is 1. The van der Waals surface area contributed by atoms with Gasteiger partial charge < -0.3 is 4.74 Å². The summed E-state index contributed by atoms with van der Waals surface area (Å²) in [5.74, 6) is -0.672. The molecule has 0 radical (unpaired) electrons. The number of benzene rings is 2. The molecule has 31 heavy (non-hydrogen) atoms. The largest absolute Gasteiger partial charge is 0.465 e. The Morgan fingerprint density at radius 3 is 2.65 bits per heavy atom. The summed E-state index contributed by atoms with van der Waals surface area (Å²) in [7, 11) is 1.34. The zero-order valence-electron chi connectivity index (χ0n) is 16.3. The molecule has 0 unspecified atom stereocenters. The van der Waals surface area contributed by atoms with Crippen LogP contribution in [-0.4, -0.2) is 29.0 Å². The molecule has 0 aliphatic rings. The highest BCUT2D eigenvalue weighted by Gasteiger charge is 2.17. The van der Waals surface area contributed by atoms with Gasteiger partial charge in [0.05, 0.1) is 44.5 Å². The number of hydrogen-bond donors (Lipinski definition) is 1. The van der Waals surface area contributed by atoms with Crippen LogP contribution in [0.15, 0.2) is 66.0 Å². The summed E-state index contributed by atoms with van der Waals surface area (Å²) in [5, 5.41) is 6.12. The first-order valence-corrected chi connectivity index (χ1v) is 11.1. The number of rotatable bonds is 4. The molecule has 0 aliphatic carbocycles. The third kappa shape index (κ3) is 3.67. The lowest BCUT2D eigenvalue weighted by molar-refractivity contribution is 0.0601. The van der Waals surface area contributed by atoms with Gasteiger partial charge in [-0.1, -0.05) is 35.6 Å². The molecule has 0 bridgehead atoms. The van der Waals surface area contributed by atoms with Gasteiger partial charge in [0.25, 0.3) is 5.91 Å². The van der Waals surface area contributed by atoms with Crippen molar-refractivity contribution in [3.8, 4) is 10.6 Å². The van der Waals surface area contributed by atoms with E-state index < -0.39 is 5.97 Å². The van der Waals surface area contributed by atoms with Crippen molar-refractivity contribution in [2.24, 2.45) is 0 Å². The Balaban J connectivity index is 1.52. The van der Waals surface area contributed by atoms with Crippen molar-refractivity contribution >= 4 is 60.8 Å². The molecular weight excluding hydrogens is 430 g/mol. The second kappa shape index (κ2) is 7.90. The number of para-hydroxylation sites is 1. The Bertz CT molecular complexity index is 1440. The van der Waals surface area contributed by atoms with Crippen LogP contribution in [0.5, 0.6) is 0 Å². The maximum atomic E-state index is 13.2. The quantitative estimate of drug-likeness (QED) is 0.364. The SMILES string of the molecule is COC(=O)c1ccc2nc(NC(=O)c3cc(-c4cccs4)nc4ccccc34)sc2c1. The van der Waals surface area contributed by atoms with Gasteiger partial charge in [0.15, 0.2) is 5.13 Å². The molecule has 0 saturated carbocycles. The van der Waals surface area contributed by atoms with Gasteiger partial charge in [-0.2, -0.15) is 0 Å². The van der Waals surface area contributed by atoms with Crippen LogP contribution in [0.25, 0.3) is 31.7 Å². The highest BCUT2D eigenvalue weighted by molar-refractivity contribution is 7.22. The first-order valence-electron chi connectivity index (χ1n) is 9.36. The van der Waals surface area contributed by atoms with Gasteiger partial charge in [-0.15, -0.1) is 11.3 Å². The zero-order chi connectivity index (χ0) is 21.4. The van der Waals surface area contributed by atoms with Crippen LogP contribution in [0.1, 0.15) is 20.7 Å². The zero-order valence-corrected chi connectivity index (χ0v) is 17.9. The smallest absolute Gasteiger partial charge is 0.337 e. The summed E-state index contributed by atoms with van der Waals surface area (Å²) in [6, 6.07) is 18.4. The van der Waals surface area contributed by atoms with E-state index in [1.807, 2.05) is 47.8 Å². The number of fused-ring (bicyclic) bond motifs is 2. The lowest BCUT2D eigenvalue weighted by atomic mass is 10.1. The van der Waals surface area contributed by atoms with Crippen LogP contribution in [-0.2, 0) is 4.74 Å². The number of esters is 1. The minimum absolute atomic E-state index is 0.261. The Morgan fingerprint density at radius 1 is 0.968 bits per heavy atom. The summed E-state index contributed by atoms with van der Waals surface area (Å²) < 4.78 is 5.56. The number of thiophene rings is 1. The number of pyridine rings is 1.